The topological polar surface area (TPSA) is 40.5 Å². The van der Waals surface area contributed by atoms with E-state index < -0.39 is 12.0 Å². The molecule has 0 aliphatic carbocycles. The van der Waals surface area contributed by atoms with Crippen molar-refractivity contribution in [3.8, 4) is 0 Å². The Labute approximate surface area is 95.7 Å². The zero-order valence-electron chi connectivity index (χ0n) is 9.52. The summed E-state index contributed by atoms with van der Waals surface area (Å²) in [7, 11) is 0. The summed E-state index contributed by atoms with van der Waals surface area (Å²) in [6.07, 6.45) is 2.21. The molecule has 0 bridgehead atoms. The number of aryl methyl sites for hydroxylation is 1. The van der Waals surface area contributed by atoms with E-state index in [2.05, 4.69) is 0 Å². The van der Waals surface area contributed by atoms with E-state index in [1.54, 1.807) is 0 Å². The number of benzene rings is 1. The van der Waals surface area contributed by atoms with E-state index >= 15 is 0 Å². The maximum absolute atomic E-state index is 11.3. The summed E-state index contributed by atoms with van der Waals surface area (Å²) >= 11 is 0. The molecule has 0 unspecified atom stereocenters. The molecule has 0 amide bonds. The van der Waals surface area contributed by atoms with E-state index in [1.807, 2.05) is 36.1 Å². The molecular weight excluding hydrogens is 202 g/mol. The Bertz CT molecular complexity index is 366. The van der Waals surface area contributed by atoms with Gasteiger partial charge in [-0.25, -0.2) is 0 Å². The Hall–Kier alpha value is -1.35. The Morgan fingerprint density at radius 3 is 2.31 bits per heavy atom. The van der Waals surface area contributed by atoms with Gasteiger partial charge in [0, 0.05) is 0 Å². The Balaban J connectivity index is 2.24. The summed E-state index contributed by atoms with van der Waals surface area (Å²) in [5, 5.41) is 9.31. The van der Waals surface area contributed by atoms with Crippen LogP contribution in [0.3, 0.4) is 0 Å². The molecule has 86 valence electrons. The van der Waals surface area contributed by atoms with Crippen LogP contribution in [0.4, 0.5) is 0 Å². The molecule has 1 fully saturated rings. The summed E-state index contributed by atoms with van der Waals surface area (Å²) in [4.78, 5) is 13.4. The van der Waals surface area contributed by atoms with Crippen LogP contribution in [0, 0.1) is 6.92 Å². The first kappa shape index (κ1) is 11.1. The monoisotopic (exact) mass is 219 g/mol. The number of nitrogens with zero attached hydrogens (tertiary/aromatic N) is 1. The molecule has 1 aliphatic rings. The highest BCUT2D eigenvalue weighted by atomic mass is 16.4. The van der Waals surface area contributed by atoms with Crippen molar-refractivity contribution in [1.82, 2.24) is 4.90 Å². The lowest BCUT2D eigenvalue weighted by atomic mass is 10.0. The fourth-order valence-corrected chi connectivity index (χ4v) is 2.26. The van der Waals surface area contributed by atoms with Gasteiger partial charge in [-0.15, -0.1) is 0 Å². The van der Waals surface area contributed by atoms with Crippen molar-refractivity contribution >= 4 is 5.97 Å². The molecule has 0 radical (unpaired) electrons. The molecule has 3 nitrogen and oxygen atoms in total. The van der Waals surface area contributed by atoms with Gasteiger partial charge in [0.25, 0.3) is 0 Å². The fraction of sp³-hybridized carbons (Fsp3) is 0.462. The van der Waals surface area contributed by atoms with Gasteiger partial charge in [0.15, 0.2) is 0 Å². The summed E-state index contributed by atoms with van der Waals surface area (Å²) in [5.41, 5.74) is 2.05. The van der Waals surface area contributed by atoms with E-state index in [1.165, 1.54) is 0 Å². The van der Waals surface area contributed by atoms with Gasteiger partial charge in [-0.3, -0.25) is 9.69 Å². The van der Waals surface area contributed by atoms with Gasteiger partial charge >= 0.3 is 5.97 Å². The van der Waals surface area contributed by atoms with Crippen LogP contribution in [0.15, 0.2) is 24.3 Å². The highest BCUT2D eigenvalue weighted by molar-refractivity contribution is 5.75. The van der Waals surface area contributed by atoms with Crippen LogP contribution in [0.1, 0.15) is 30.0 Å². The lowest BCUT2D eigenvalue weighted by molar-refractivity contribution is -0.143. The lowest BCUT2D eigenvalue weighted by Crippen LogP contribution is -2.31. The van der Waals surface area contributed by atoms with Crippen molar-refractivity contribution in [2.75, 3.05) is 13.1 Å². The number of carbonyl (C=O) groups is 1. The van der Waals surface area contributed by atoms with Crippen molar-refractivity contribution in [3.63, 3.8) is 0 Å². The standard InChI is InChI=1S/C13H17NO2/c1-10-4-6-11(7-5-10)12(13(15)16)14-8-2-3-9-14/h4-7,12H,2-3,8-9H2,1H3,(H,15,16)/t12-/m0/s1. The highest BCUT2D eigenvalue weighted by Crippen LogP contribution is 2.25. The first-order valence-electron chi connectivity index (χ1n) is 5.72. The number of aliphatic carboxylic acids is 1. The first-order valence-corrected chi connectivity index (χ1v) is 5.72. The number of carboxylic acids is 1. The predicted octanol–water partition coefficient (Wildman–Crippen LogP) is 2.22. The SMILES string of the molecule is Cc1ccc([C@@H](C(=O)O)N2CCCC2)cc1. The summed E-state index contributed by atoms with van der Waals surface area (Å²) in [6.45, 7) is 3.80. The molecule has 1 saturated heterocycles. The van der Waals surface area contributed by atoms with Gasteiger partial charge in [0.1, 0.15) is 6.04 Å². The summed E-state index contributed by atoms with van der Waals surface area (Å²) < 4.78 is 0. The van der Waals surface area contributed by atoms with Crippen molar-refractivity contribution in [2.45, 2.75) is 25.8 Å². The highest BCUT2D eigenvalue weighted by Gasteiger charge is 2.29. The number of rotatable bonds is 3. The minimum absolute atomic E-state index is 0.469. The first-order chi connectivity index (χ1) is 7.68. The molecule has 1 heterocycles. The number of hydrogen-bond donors (Lipinski definition) is 1. The molecule has 3 heteroatoms. The average molecular weight is 219 g/mol. The quantitative estimate of drug-likeness (QED) is 0.847. The van der Waals surface area contributed by atoms with Crippen LogP contribution < -0.4 is 0 Å². The molecule has 0 aromatic heterocycles. The van der Waals surface area contributed by atoms with Crippen molar-refractivity contribution < 1.29 is 9.90 Å². The van der Waals surface area contributed by atoms with Crippen molar-refractivity contribution in [2.24, 2.45) is 0 Å². The van der Waals surface area contributed by atoms with Crippen molar-refractivity contribution in [3.05, 3.63) is 35.4 Å². The minimum Gasteiger partial charge on any atom is -0.480 e. The van der Waals surface area contributed by atoms with Crippen LogP contribution in [-0.2, 0) is 4.79 Å². The second-order valence-electron chi connectivity index (χ2n) is 4.39. The van der Waals surface area contributed by atoms with Gasteiger partial charge in [-0.1, -0.05) is 29.8 Å². The zero-order chi connectivity index (χ0) is 11.5. The third-order valence-electron chi connectivity index (χ3n) is 3.13. The van der Waals surface area contributed by atoms with Gasteiger partial charge < -0.3 is 5.11 Å². The van der Waals surface area contributed by atoms with E-state index in [9.17, 15) is 9.90 Å². The van der Waals surface area contributed by atoms with Crippen LogP contribution in [-0.4, -0.2) is 29.1 Å². The third kappa shape index (κ3) is 2.25. The second-order valence-corrected chi connectivity index (χ2v) is 4.39. The van der Waals surface area contributed by atoms with Gasteiger partial charge in [-0.2, -0.15) is 0 Å². The van der Waals surface area contributed by atoms with Gasteiger partial charge in [-0.05, 0) is 38.4 Å². The summed E-state index contributed by atoms with van der Waals surface area (Å²) in [5.74, 6) is -0.745. The van der Waals surface area contributed by atoms with Crippen LogP contribution in [0.2, 0.25) is 0 Å². The molecule has 16 heavy (non-hydrogen) atoms. The molecule has 0 spiro atoms. The Kier molecular flexibility index (Phi) is 3.25. The maximum atomic E-state index is 11.3. The molecule has 1 atom stereocenters. The molecule has 2 rings (SSSR count). The fourth-order valence-electron chi connectivity index (χ4n) is 2.26. The molecule has 1 N–H and O–H groups in total. The Morgan fingerprint density at radius 1 is 1.25 bits per heavy atom. The number of likely N-dealkylation sites (tertiary alicyclic amines) is 1. The van der Waals surface area contributed by atoms with Crippen molar-refractivity contribution in [1.29, 1.82) is 0 Å². The molecule has 0 saturated carbocycles. The van der Waals surface area contributed by atoms with E-state index in [0.29, 0.717) is 0 Å². The number of hydrogen-bond acceptors (Lipinski definition) is 2. The normalized spacial score (nSPS) is 18.6. The Morgan fingerprint density at radius 2 is 1.81 bits per heavy atom. The van der Waals surface area contributed by atoms with Gasteiger partial charge in [0.2, 0.25) is 0 Å². The number of carboxylic acid groups (broad SMARTS) is 1. The minimum atomic E-state index is -0.745. The largest absolute Gasteiger partial charge is 0.480 e. The third-order valence-corrected chi connectivity index (χ3v) is 3.13. The molecule has 1 aromatic rings. The van der Waals surface area contributed by atoms with Crippen LogP contribution in [0.5, 0.6) is 0 Å². The summed E-state index contributed by atoms with van der Waals surface area (Å²) in [6, 6.07) is 7.32. The van der Waals surface area contributed by atoms with E-state index in [4.69, 9.17) is 0 Å². The zero-order valence-corrected chi connectivity index (χ0v) is 9.52. The molecule has 1 aliphatic heterocycles. The predicted molar refractivity (Wildman–Crippen MR) is 62.4 cm³/mol. The molecular formula is C13H17NO2. The maximum Gasteiger partial charge on any atom is 0.325 e. The van der Waals surface area contributed by atoms with E-state index in [-0.39, 0.29) is 0 Å². The molecule has 1 aromatic carbocycles. The van der Waals surface area contributed by atoms with Crippen LogP contribution in [0.25, 0.3) is 0 Å². The second kappa shape index (κ2) is 4.66. The lowest BCUT2D eigenvalue weighted by Gasteiger charge is -2.24. The average Bonchev–Trinajstić information content (AvgIpc) is 2.74. The van der Waals surface area contributed by atoms with Crippen LogP contribution >= 0.6 is 0 Å². The van der Waals surface area contributed by atoms with E-state index in [0.717, 1.165) is 37.1 Å². The van der Waals surface area contributed by atoms with Gasteiger partial charge in [0.05, 0.1) is 0 Å². The smallest absolute Gasteiger partial charge is 0.325 e.